The van der Waals surface area contributed by atoms with Gasteiger partial charge in [-0.25, -0.2) is 0 Å². The lowest BCUT2D eigenvalue weighted by Gasteiger charge is -2.17. The minimum Gasteiger partial charge on any atom is -0.496 e. The van der Waals surface area contributed by atoms with Crippen LogP contribution in [0, 0.1) is 0 Å². The van der Waals surface area contributed by atoms with E-state index in [0.29, 0.717) is 0 Å². The van der Waals surface area contributed by atoms with Crippen LogP contribution < -0.4 is 10.1 Å². The van der Waals surface area contributed by atoms with E-state index in [1.807, 2.05) is 0 Å². The summed E-state index contributed by atoms with van der Waals surface area (Å²) in [6, 6.07) is 6.40. The fourth-order valence-corrected chi connectivity index (χ4v) is 2.37. The molecule has 3 heteroatoms. The Morgan fingerprint density at radius 1 is 1.29 bits per heavy atom. The summed E-state index contributed by atoms with van der Waals surface area (Å²) in [5.74, 6) is 0.996. The van der Waals surface area contributed by atoms with Crippen molar-refractivity contribution in [3.8, 4) is 5.75 Å². The lowest BCUT2D eigenvalue weighted by molar-refractivity contribution is 0.321. The molecule has 94 valence electrons. The van der Waals surface area contributed by atoms with Gasteiger partial charge in [-0.1, -0.05) is 6.07 Å². The van der Waals surface area contributed by atoms with E-state index in [1.54, 1.807) is 7.11 Å². The van der Waals surface area contributed by atoms with Crippen molar-refractivity contribution in [3.05, 3.63) is 23.8 Å². The fraction of sp³-hybridized carbons (Fsp3) is 0.571. The molecule has 0 spiro atoms. The first-order valence-corrected chi connectivity index (χ1v) is 6.46. The monoisotopic (exact) mass is 234 g/mol. The van der Waals surface area contributed by atoms with Crippen molar-refractivity contribution in [1.29, 1.82) is 0 Å². The second-order valence-corrected chi connectivity index (χ2v) is 4.54. The van der Waals surface area contributed by atoms with Gasteiger partial charge in [-0.2, -0.15) is 0 Å². The standard InChI is InChI=1S/C14H22N2O/c1-3-15-13-7-6-12(14(10-13)17-2)11-16-8-4-5-9-16/h6-7,10,15H,3-5,8-9,11H2,1-2H3. The number of ether oxygens (including phenoxy) is 1. The smallest absolute Gasteiger partial charge is 0.125 e. The van der Waals surface area contributed by atoms with Crippen molar-refractivity contribution in [2.75, 3.05) is 32.1 Å². The van der Waals surface area contributed by atoms with Crippen LogP contribution in [0.5, 0.6) is 5.75 Å². The maximum atomic E-state index is 5.48. The molecular formula is C14H22N2O. The third-order valence-electron chi connectivity index (χ3n) is 3.26. The molecule has 0 saturated carbocycles. The minimum atomic E-state index is 0.939. The predicted molar refractivity (Wildman–Crippen MR) is 71.7 cm³/mol. The third-order valence-corrected chi connectivity index (χ3v) is 3.26. The van der Waals surface area contributed by atoms with Gasteiger partial charge in [-0.3, -0.25) is 4.90 Å². The minimum absolute atomic E-state index is 0.939. The van der Waals surface area contributed by atoms with Crippen LogP contribution in [0.3, 0.4) is 0 Å². The van der Waals surface area contributed by atoms with Crippen molar-refractivity contribution in [2.45, 2.75) is 26.3 Å². The molecule has 3 nitrogen and oxygen atoms in total. The molecule has 0 aromatic heterocycles. The summed E-state index contributed by atoms with van der Waals surface area (Å²) in [4.78, 5) is 2.49. The summed E-state index contributed by atoms with van der Waals surface area (Å²) in [7, 11) is 1.75. The van der Waals surface area contributed by atoms with E-state index >= 15 is 0 Å². The van der Waals surface area contributed by atoms with Crippen LogP contribution in [0.15, 0.2) is 18.2 Å². The zero-order valence-electron chi connectivity index (χ0n) is 10.8. The molecule has 0 unspecified atom stereocenters. The summed E-state index contributed by atoms with van der Waals surface area (Å²) in [6.07, 6.45) is 2.66. The van der Waals surface area contributed by atoms with Gasteiger partial charge >= 0.3 is 0 Å². The second-order valence-electron chi connectivity index (χ2n) is 4.54. The summed E-state index contributed by atoms with van der Waals surface area (Å²) < 4.78 is 5.48. The van der Waals surface area contributed by atoms with Gasteiger partial charge in [0.25, 0.3) is 0 Å². The summed E-state index contributed by atoms with van der Waals surface area (Å²) in [5, 5.41) is 3.31. The third kappa shape index (κ3) is 3.13. The molecule has 1 N–H and O–H groups in total. The first-order valence-electron chi connectivity index (χ1n) is 6.46. The number of hydrogen-bond donors (Lipinski definition) is 1. The Bertz CT molecular complexity index is 359. The summed E-state index contributed by atoms with van der Waals surface area (Å²) >= 11 is 0. The maximum absolute atomic E-state index is 5.48. The zero-order valence-corrected chi connectivity index (χ0v) is 10.8. The van der Waals surface area contributed by atoms with Crippen molar-refractivity contribution >= 4 is 5.69 Å². The molecule has 1 saturated heterocycles. The Kier molecular flexibility index (Phi) is 4.26. The van der Waals surface area contributed by atoms with E-state index < -0.39 is 0 Å². The Morgan fingerprint density at radius 3 is 2.71 bits per heavy atom. The number of methoxy groups -OCH3 is 1. The van der Waals surface area contributed by atoms with Crippen LogP contribution >= 0.6 is 0 Å². The molecule has 17 heavy (non-hydrogen) atoms. The Morgan fingerprint density at radius 2 is 2.06 bits per heavy atom. The molecule has 1 fully saturated rings. The van der Waals surface area contributed by atoms with Gasteiger partial charge in [-0.15, -0.1) is 0 Å². The topological polar surface area (TPSA) is 24.5 Å². The summed E-state index contributed by atoms with van der Waals surface area (Å²) in [6.45, 7) is 6.49. The highest BCUT2D eigenvalue weighted by Gasteiger charge is 2.14. The van der Waals surface area contributed by atoms with Crippen LogP contribution in [-0.2, 0) is 6.54 Å². The Balaban J connectivity index is 2.09. The highest BCUT2D eigenvalue weighted by atomic mass is 16.5. The molecule has 0 amide bonds. The van der Waals surface area contributed by atoms with Gasteiger partial charge in [0.2, 0.25) is 0 Å². The number of nitrogens with zero attached hydrogens (tertiary/aromatic N) is 1. The molecule has 0 aliphatic carbocycles. The van der Waals surface area contributed by atoms with Gasteiger partial charge in [-0.05, 0) is 38.9 Å². The number of nitrogens with one attached hydrogen (secondary N) is 1. The van der Waals surface area contributed by atoms with Crippen molar-refractivity contribution in [3.63, 3.8) is 0 Å². The average Bonchev–Trinajstić information content (AvgIpc) is 2.84. The number of likely N-dealkylation sites (tertiary alicyclic amines) is 1. The first-order chi connectivity index (χ1) is 8.33. The van der Waals surface area contributed by atoms with Crippen molar-refractivity contribution in [2.24, 2.45) is 0 Å². The van der Waals surface area contributed by atoms with Crippen LogP contribution in [0.4, 0.5) is 5.69 Å². The normalized spacial score (nSPS) is 16.1. The SMILES string of the molecule is CCNc1ccc(CN2CCCC2)c(OC)c1. The first kappa shape index (κ1) is 12.2. The molecule has 0 bridgehead atoms. The van der Waals surface area contributed by atoms with E-state index in [0.717, 1.165) is 24.5 Å². The quantitative estimate of drug-likeness (QED) is 0.847. The second kappa shape index (κ2) is 5.92. The molecule has 0 atom stereocenters. The highest BCUT2D eigenvalue weighted by Crippen LogP contribution is 2.25. The van der Waals surface area contributed by atoms with Gasteiger partial charge in [0.05, 0.1) is 7.11 Å². The van der Waals surface area contributed by atoms with E-state index in [4.69, 9.17) is 4.74 Å². The van der Waals surface area contributed by atoms with Crippen LogP contribution in [0.1, 0.15) is 25.3 Å². The maximum Gasteiger partial charge on any atom is 0.125 e. The van der Waals surface area contributed by atoms with Gasteiger partial charge in [0, 0.05) is 30.4 Å². The lowest BCUT2D eigenvalue weighted by Crippen LogP contribution is -2.18. The van der Waals surface area contributed by atoms with Crippen molar-refractivity contribution in [1.82, 2.24) is 4.90 Å². The molecular weight excluding hydrogens is 212 g/mol. The molecule has 1 aliphatic heterocycles. The van der Waals surface area contributed by atoms with Crippen LogP contribution in [-0.4, -0.2) is 31.6 Å². The summed E-state index contributed by atoms with van der Waals surface area (Å²) in [5.41, 5.74) is 2.42. The zero-order chi connectivity index (χ0) is 12.1. The van der Waals surface area contributed by atoms with Crippen molar-refractivity contribution < 1.29 is 4.74 Å². The largest absolute Gasteiger partial charge is 0.496 e. The van der Waals surface area contributed by atoms with Crippen LogP contribution in [0.25, 0.3) is 0 Å². The molecule has 0 radical (unpaired) electrons. The molecule has 1 aromatic rings. The highest BCUT2D eigenvalue weighted by molar-refractivity contribution is 5.51. The lowest BCUT2D eigenvalue weighted by atomic mass is 10.1. The average molecular weight is 234 g/mol. The fourth-order valence-electron chi connectivity index (χ4n) is 2.37. The number of anilines is 1. The van der Waals surface area contributed by atoms with E-state index in [2.05, 4.69) is 35.3 Å². The molecule has 2 rings (SSSR count). The molecule has 1 aromatic carbocycles. The van der Waals surface area contributed by atoms with Gasteiger partial charge in [0.1, 0.15) is 5.75 Å². The Hall–Kier alpha value is -1.22. The van der Waals surface area contributed by atoms with E-state index in [-0.39, 0.29) is 0 Å². The molecule has 1 heterocycles. The predicted octanol–water partition coefficient (Wildman–Crippen LogP) is 2.72. The Labute approximate surface area is 104 Å². The van der Waals surface area contributed by atoms with E-state index in [1.165, 1.54) is 31.5 Å². The number of rotatable bonds is 5. The van der Waals surface area contributed by atoms with E-state index in [9.17, 15) is 0 Å². The van der Waals surface area contributed by atoms with Gasteiger partial charge < -0.3 is 10.1 Å². The van der Waals surface area contributed by atoms with Crippen LogP contribution in [0.2, 0.25) is 0 Å². The van der Waals surface area contributed by atoms with Gasteiger partial charge in [0.15, 0.2) is 0 Å². The molecule has 1 aliphatic rings. The number of hydrogen-bond acceptors (Lipinski definition) is 3. The number of benzene rings is 1.